The number of amides is 1. The van der Waals surface area contributed by atoms with Crippen LogP contribution < -0.4 is 19.3 Å². The number of para-hydroxylation sites is 1. The quantitative estimate of drug-likeness (QED) is 0.559. The summed E-state index contributed by atoms with van der Waals surface area (Å²) < 4.78 is 11.0. The van der Waals surface area contributed by atoms with E-state index in [2.05, 4.69) is 0 Å². The van der Waals surface area contributed by atoms with Crippen molar-refractivity contribution in [2.75, 3.05) is 16.9 Å². The molecule has 146 valence electrons. The largest absolute Gasteiger partial charge is 0.497 e. The molecule has 1 amide bonds. The molecule has 3 aromatic rings. The Morgan fingerprint density at radius 3 is 1.97 bits per heavy atom. The van der Waals surface area contributed by atoms with Gasteiger partial charge in [0.05, 0.1) is 12.8 Å². The Bertz CT molecular complexity index is 1020. The van der Waals surface area contributed by atoms with Gasteiger partial charge in [0.25, 0.3) is 5.91 Å². The van der Waals surface area contributed by atoms with Gasteiger partial charge in [0.2, 0.25) is 0 Å². The zero-order chi connectivity index (χ0) is 20.4. The van der Waals surface area contributed by atoms with E-state index in [0.29, 0.717) is 5.11 Å². The number of carbonyl (C=O) groups is 1. The predicted octanol–water partition coefficient (Wildman–Crippen LogP) is 5.01. The number of methoxy groups -OCH3 is 1. The second-order valence-electron chi connectivity index (χ2n) is 6.61. The maximum absolute atomic E-state index is 12.9. The molecule has 1 unspecified atom stereocenters. The minimum atomic E-state index is -0.398. The van der Waals surface area contributed by atoms with Crippen LogP contribution in [0, 0.1) is 0 Å². The highest BCUT2D eigenvalue weighted by atomic mass is 32.1. The van der Waals surface area contributed by atoms with Crippen molar-refractivity contribution in [3.05, 3.63) is 78.9 Å². The van der Waals surface area contributed by atoms with E-state index in [4.69, 9.17) is 21.7 Å². The van der Waals surface area contributed by atoms with Gasteiger partial charge in [-0.25, -0.2) is 0 Å². The summed E-state index contributed by atoms with van der Waals surface area (Å²) in [5.41, 5.74) is 1.56. The number of ether oxygens (including phenoxy) is 2. The highest BCUT2D eigenvalue weighted by Crippen LogP contribution is 2.32. The minimum absolute atomic E-state index is 0.0650. The summed E-state index contributed by atoms with van der Waals surface area (Å²) in [5, 5.41) is 0.449. The van der Waals surface area contributed by atoms with E-state index in [-0.39, 0.29) is 5.91 Å². The number of thiocarbonyl (C=S) groups is 1. The van der Waals surface area contributed by atoms with Crippen molar-refractivity contribution in [2.24, 2.45) is 0 Å². The average Bonchev–Trinajstić information content (AvgIpc) is 2.98. The number of benzene rings is 3. The molecule has 3 aromatic carbocycles. The standard InChI is InChI=1S/C23H20N2O3S/c1-16-22(26)25(18-8-12-19(27-2)13-9-18)23(29)24(16)17-10-14-21(15-11-17)28-20-6-4-3-5-7-20/h3-16H,1-2H3. The third-order valence-corrected chi connectivity index (χ3v) is 5.17. The lowest BCUT2D eigenvalue weighted by Crippen LogP contribution is -2.33. The van der Waals surface area contributed by atoms with Crippen LogP contribution in [0.4, 0.5) is 11.4 Å². The van der Waals surface area contributed by atoms with Crippen molar-refractivity contribution in [2.45, 2.75) is 13.0 Å². The molecule has 1 aliphatic rings. The number of nitrogens with zero attached hydrogens (tertiary/aromatic N) is 2. The Balaban J connectivity index is 1.56. The molecule has 5 nitrogen and oxygen atoms in total. The molecular formula is C23H20N2O3S. The van der Waals surface area contributed by atoms with E-state index in [9.17, 15) is 4.79 Å². The summed E-state index contributed by atoms with van der Waals surface area (Å²) in [6.07, 6.45) is 0. The van der Waals surface area contributed by atoms with Crippen LogP contribution >= 0.6 is 12.2 Å². The predicted molar refractivity (Wildman–Crippen MR) is 118 cm³/mol. The van der Waals surface area contributed by atoms with Gasteiger partial charge in [-0.15, -0.1) is 0 Å². The molecule has 0 radical (unpaired) electrons. The second kappa shape index (κ2) is 7.93. The van der Waals surface area contributed by atoms with Crippen LogP contribution in [-0.2, 0) is 4.79 Å². The number of carbonyl (C=O) groups excluding carboxylic acids is 1. The van der Waals surface area contributed by atoms with E-state index < -0.39 is 6.04 Å². The van der Waals surface area contributed by atoms with Crippen molar-refractivity contribution in [1.82, 2.24) is 0 Å². The SMILES string of the molecule is COc1ccc(N2C(=O)C(C)N(c3ccc(Oc4ccccc4)cc3)C2=S)cc1. The van der Waals surface area contributed by atoms with Gasteiger partial charge in [-0.2, -0.15) is 0 Å². The molecule has 0 spiro atoms. The van der Waals surface area contributed by atoms with Crippen molar-refractivity contribution >= 4 is 34.6 Å². The second-order valence-corrected chi connectivity index (χ2v) is 6.97. The monoisotopic (exact) mass is 404 g/mol. The van der Waals surface area contributed by atoms with Crippen LogP contribution in [0.5, 0.6) is 17.2 Å². The molecule has 1 atom stereocenters. The van der Waals surface area contributed by atoms with Crippen molar-refractivity contribution < 1.29 is 14.3 Å². The van der Waals surface area contributed by atoms with Gasteiger partial charge in [-0.05, 0) is 79.8 Å². The molecule has 0 bridgehead atoms. The fraction of sp³-hybridized carbons (Fsp3) is 0.130. The first-order valence-electron chi connectivity index (χ1n) is 9.22. The smallest absolute Gasteiger partial charge is 0.256 e. The topological polar surface area (TPSA) is 42.0 Å². The third kappa shape index (κ3) is 3.67. The third-order valence-electron chi connectivity index (χ3n) is 4.79. The van der Waals surface area contributed by atoms with Crippen LogP contribution in [0.25, 0.3) is 0 Å². The molecule has 0 N–H and O–H groups in total. The Kier molecular flexibility index (Phi) is 5.18. The zero-order valence-corrected chi connectivity index (χ0v) is 16.9. The number of rotatable bonds is 5. The maximum Gasteiger partial charge on any atom is 0.256 e. The van der Waals surface area contributed by atoms with E-state index in [1.807, 2.05) is 90.7 Å². The van der Waals surface area contributed by atoms with Crippen LogP contribution in [0.3, 0.4) is 0 Å². The molecule has 1 fully saturated rings. The minimum Gasteiger partial charge on any atom is -0.497 e. The fourth-order valence-electron chi connectivity index (χ4n) is 3.27. The van der Waals surface area contributed by atoms with Gasteiger partial charge in [0.15, 0.2) is 5.11 Å². The normalized spacial score (nSPS) is 16.3. The van der Waals surface area contributed by atoms with Crippen molar-refractivity contribution in [3.8, 4) is 17.2 Å². The molecule has 1 aliphatic heterocycles. The zero-order valence-electron chi connectivity index (χ0n) is 16.1. The number of hydrogen-bond donors (Lipinski definition) is 0. The lowest BCUT2D eigenvalue weighted by Gasteiger charge is -2.22. The van der Waals surface area contributed by atoms with Gasteiger partial charge in [0, 0.05) is 5.69 Å². The highest BCUT2D eigenvalue weighted by Gasteiger charge is 2.41. The summed E-state index contributed by atoms with van der Waals surface area (Å²) >= 11 is 5.65. The lowest BCUT2D eigenvalue weighted by atomic mass is 10.2. The summed E-state index contributed by atoms with van der Waals surface area (Å²) in [4.78, 5) is 16.3. The lowest BCUT2D eigenvalue weighted by molar-refractivity contribution is -0.117. The Labute approximate surface area is 175 Å². The first-order valence-corrected chi connectivity index (χ1v) is 9.63. The summed E-state index contributed by atoms with van der Waals surface area (Å²) in [5.74, 6) is 2.15. The van der Waals surface area contributed by atoms with Crippen molar-refractivity contribution in [3.63, 3.8) is 0 Å². The number of anilines is 2. The van der Waals surface area contributed by atoms with Crippen LogP contribution in [-0.4, -0.2) is 24.2 Å². The first kappa shape index (κ1) is 19.0. The molecular weight excluding hydrogens is 384 g/mol. The Morgan fingerprint density at radius 1 is 0.793 bits per heavy atom. The van der Waals surface area contributed by atoms with Crippen molar-refractivity contribution in [1.29, 1.82) is 0 Å². The van der Waals surface area contributed by atoms with Gasteiger partial charge < -0.3 is 14.4 Å². The van der Waals surface area contributed by atoms with E-state index in [1.165, 1.54) is 0 Å². The Morgan fingerprint density at radius 2 is 1.34 bits per heavy atom. The summed E-state index contributed by atoms with van der Waals surface area (Å²) in [7, 11) is 1.61. The van der Waals surface area contributed by atoms with E-state index in [0.717, 1.165) is 28.6 Å². The molecule has 29 heavy (non-hydrogen) atoms. The average molecular weight is 404 g/mol. The molecule has 4 rings (SSSR count). The van der Waals surface area contributed by atoms with Gasteiger partial charge in [0.1, 0.15) is 23.3 Å². The maximum atomic E-state index is 12.9. The van der Waals surface area contributed by atoms with Gasteiger partial charge >= 0.3 is 0 Å². The van der Waals surface area contributed by atoms with E-state index in [1.54, 1.807) is 12.0 Å². The Hall–Kier alpha value is -3.38. The molecule has 1 heterocycles. The van der Waals surface area contributed by atoms with E-state index >= 15 is 0 Å². The molecule has 6 heteroatoms. The van der Waals surface area contributed by atoms with Crippen LogP contribution in [0.2, 0.25) is 0 Å². The molecule has 0 aromatic heterocycles. The summed E-state index contributed by atoms with van der Waals surface area (Å²) in [6.45, 7) is 1.85. The molecule has 1 saturated heterocycles. The molecule has 0 saturated carbocycles. The van der Waals surface area contributed by atoms with Crippen LogP contribution in [0.1, 0.15) is 6.92 Å². The fourth-order valence-corrected chi connectivity index (χ4v) is 3.73. The summed E-state index contributed by atoms with van der Waals surface area (Å²) in [6, 6.07) is 24.0. The molecule has 0 aliphatic carbocycles. The first-order chi connectivity index (χ1) is 14.1. The van der Waals surface area contributed by atoms with Gasteiger partial charge in [-0.1, -0.05) is 18.2 Å². The highest BCUT2D eigenvalue weighted by molar-refractivity contribution is 7.81. The van der Waals surface area contributed by atoms with Gasteiger partial charge in [-0.3, -0.25) is 9.69 Å². The number of hydrogen-bond acceptors (Lipinski definition) is 4. The van der Waals surface area contributed by atoms with Crippen LogP contribution in [0.15, 0.2) is 78.9 Å².